The first-order valence-corrected chi connectivity index (χ1v) is 7.80. The Kier molecular flexibility index (Phi) is 7.60. The predicted molar refractivity (Wildman–Crippen MR) is 88.0 cm³/mol. The van der Waals surface area contributed by atoms with Crippen LogP contribution in [0.3, 0.4) is 0 Å². The summed E-state index contributed by atoms with van der Waals surface area (Å²) in [6, 6.07) is 9.25. The summed E-state index contributed by atoms with van der Waals surface area (Å²) in [5.74, 6) is -0.319. The summed E-state index contributed by atoms with van der Waals surface area (Å²) in [6.07, 6.45) is 0.873. The molecule has 1 atom stereocenters. The highest BCUT2D eigenvalue weighted by Crippen LogP contribution is 2.05. The second-order valence-corrected chi connectivity index (χ2v) is 5.79. The summed E-state index contributed by atoms with van der Waals surface area (Å²) in [5.41, 5.74) is 6.85. The lowest BCUT2D eigenvalue weighted by Crippen LogP contribution is -2.47. The Balaban J connectivity index is 2.56. The second-order valence-electron chi connectivity index (χ2n) is 5.79. The lowest BCUT2D eigenvalue weighted by Gasteiger charge is -2.23. The first-order chi connectivity index (χ1) is 10.5. The Morgan fingerprint density at radius 2 is 1.86 bits per heavy atom. The van der Waals surface area contributed by atoms with Crippen LogP contribution in [0.25, 0.3) is 0 Å². The van der Waals surface area contributed by atoms with Crippen LogP contribution in [0.5, 0.6) is 0 Å². The summed E-state index contributed by atoms with van der Waals surface area (Å²) in [5, 5.41) is 2.63. The maximum atomic E-state index is 12.3. The summed E-state index contributed by atoms with van der Waals surface area (Å²) >= 11 is 0. The normalized spacial score (nSPS) is 12.0. The standard InChI is InChI=1S/C17H27N3O2/c1-4-10-20(12-14-8-6-5-7-9-14)15(21)11-19-17(22)16(18)13(2)3/h5-9,13,16H,4,10-12,18H2,1-3H3,(H,19,22)/t16-/m0/s1. The monoisotopic (exact) mass is 305 g/mol. The number of carbonyl (C=O) groups excluding carboxylic acids is 2. The molecule has 0 saturated carbocycles. The maximum Gasteiger partial charge on any atom is 0.242 e. The number of hydrogen-bond acceptors (Lipinski definition) is 3. The summed E-state index contributed by atoms with van der Waals surface area (Å²) in [4.78, 5) is 25.9. The van der Waals surface area contributed by atoms with Gasteiger partial charge in [0.2, 0.25) is 11.8 Å². The molecule has 0 bridgehead atoms. The molecule has 1 aromatic carbocycles. The molecule has 0 radical (unpaired) electrons. The van der Waals surface area contributed by atoms with Crippen LogP contribution in [-0.2, 0) is 16.1 Å². The van der Waals surface area contributed by atoms with Crippen LogP contribution < -0.4 is 11.1 Å². The third-order valence-electron chi connectivity index (χ3n) is 3.50. The molecule has 1 aromatic rings. The predicted octanol–water partition coefficient (Wildman–Crippen LogP) is 1.52. The van der Waals surface area contributed by atoms with Gasteiger partial charge in [0, 0.05) is 13.1 Å². The van der Waals surface area contributed by atoms with Crippen LogP contribution in [0, 0.1) is 5.92 Å². The van der Waals surface area contributed by atoms with Crippen molar-refractivity contribution in [3.63, 3.8) is 0 Å². The molecular formula is C17H27N3O2. The molecule has 0 fully saturated rings. The molecule has 22 heavy (non-hydrogen) atoms. The molecular weight excluding hydrogens is 278 g/mol. The van der Waals surface area contributed by atoms with Crippen LogP contribution in [0.2, 0.25) is 0 Å². The van der Waals surface area contributed by atoms with E-state index in [0.29, 0.717) is 13.1 Å². The fourth-order valence-corrected chi connectivity index (χ4v) is 2.06. The van der Waals surface area contributed by atoms with Crippen molar-refractivity contribution in [1.82, 2.24) is 10.2 Å². The van der Waals surface area contributed by atoms with Gasteiger partial charge < -0.3 is 16.0 Å². The molecule has 0 aliphatic rings. The van der Waals surface area contributed by atoms with Gasteiger partial charge in [-0.1, -0.05) is 51.1 Å². The van der Waals surface area contributed by atoms with Gasteiger partial charge in [0.15, 0.2) is 0 Å². The van der Waals surface area contributed by atoms with Crippen LogP contribution in [0.15, 0.2) is 30.3 Å². The van der Waals surface area contributed by atoms with Gasteiger partial charge in [-0.2, -0.15) is 0 Å². The highest BCUT2D eigenvalue weighted by atomic mass is 16.2. The molecule has 0 aliphatic heterocycles. The highest BCUT2D eigenvalue weighted by Gasteiger charge is 2.19. The van der Waals surface area contributed by atoms with Crippen molar-refractivity contribution >= 4 is 11.8 Å². The van der Waals surface area contributed by atoms with E-state index in [1.54, 1.807) is 4.90 Å². The van der Waals surface area contributed by atoms with Crippen LogP contribution >= 0.6 is 0 Å². The summed E-state index contributed by atoms with van der Waals surface area (Å²) in [7, 11) is 0. The van der Waals surface area contributed by atoms with E-state index in [2.05, 4.69) is 5.32 Å². The van der Waals surface area contributed by atoms with Crippen LogP contribution in [0.4, 0.5) is 0 Å². The van der Waals surface area contributed by atoms with Gasteiger partial charge in [-0.05, 0) is 17.9 Å². The number of nitrogens with one attached hydrogen (secondary N) is 1. The number of nitrogens with zero attached hydrogens (tertiary/aromatic N) is 1. The van der Waals surface area contributed by atoms with Gasteiger partial charge in [-0.15, -0.1) is 0 Å². The van der Waals surface area contributed by atoms with Crippen molar-refractivity contribution in [3.05, 3.63) is 35.9 Å². The number of carbonyl (C=O) groups is 2. The molecule has 3 N–H and O–H groups in total. The number of amides is 2. The number of nitrogens with two attached hydrogens (primary N) is 1. The molecule has 1 rings (SSSR count). The van der Waals surface area contributed by atoms with Gasteiger partial charge in [-0.25, -0.2) is 0 Å². The zero-order valence-electron chi connectivity index (χ0n) is 13.7. The van der Waals surface area contributed by atoms with Crippen molar-refractivity contribution in [1.29, 1.82) is 0 Å². The lowest BCUT2D eigenvalue weighted by atomic mass is 10.1. The quantitative estimate of drug-likeness (QED) is 0.764. The molecule has 2 amide bonds. The number of benzene rings is 1. The Labute approximate surface area is 132 Å². The van der Waals surface area contributed by atoms with E-state index in [9.17, 15) is 9.59 Å². The van der Waals surface area contributed by atoms with E-state index in [-0.39, 0.29) is 24.3 Å². The summed E-state index contributed by atoms with van der Waals surface area (Å²) < 4.78 is 0. The number of hydrogen-bond donors (Lipinski definition) is 2. The maximum absolute atomic E-state index is 12.3. The highest BCUT2D eigenvalue weighted by molar-refractivity contribution is 5.87. The molecule has 0 aliphatic carbocycles. The zero-order chi connectivity index (χ0) is 16.5. The molecule has 5 nitrogen and oxygen atoms in total. The summed E-state index contributed by atoms with van der Waals surface area (Å²) in [6.45, 7) is 7.00. The minimum Gasteiger partial charge on any atom is -0.346 e. The third kappa shape index (κ3) is 5.85. The van der Waals surface area contributed by atoms with Gasteiger partial charge in [0.05, 0.1) is 12.6 Å². The van der Waals surface area contributed by atoms with E-state index in [1.165, 1.54) is 0 Å². The molecule has 0 aromatic heterocycles. The average molecular weight is 305 g/mol. The Bertz CT molecular complexity index is 474. The molecule has 122 valence electrons. The number of rotatable bonds is 8. The van der Waals surface area contributed by atoms with E-state index in [1.807, 2.05) is 51.1 Å². The topological polar surface area (TPSA) is 75.4 Å². The van der Waals surface area contributed by atoms with E-state index in [0.717, 1.165) is 12.0 Å². The third-order valence-corrected chi connectivity index (χ3v) is 3.50. The van der Waals surface area contributed by atoms with Crippen molar-refractivity contribution < 1.29 is 9.59 Å². The largest absolute Gasteiger partial charge is 0.346 e. The van der Waals surface area contributed by atoms with Crippen LogP contribution in [-0.4, -0.2) is 35.8 Å². The fraction of sp³-hybridized carbons (Fsp3) is 0.529. The van der Waals surface area contributed by atoms with Gasteiger partial charge in [0.25, 0.3) is 0 Å². The van der Waals surface area contributed by atoms with Gasteiger partial charge >= 0.3 is 0 Å². The van der Waals surface area contributed by atoms with Crippen LogP contribution in [0.1, 0.15) is 32.8 Å². The minimum absolute atomic E-state index is 0.00785. The Morgan fingerprint density at radius 1 is 1.23 bits per heavy atom. The minimum atomic E-state index is -0.582. The van der Waals surface area contributed by atoms with Crippen molar-refractivity contribution in [2.24, 2.45) is 11.7 Å². The Morgan fingerprint density at radius 3 is 2.41 bits per heavy atom. The van der Waals surface area contributed by atoms with E-state index >= 15 is 0 Å². The van der Waals surface area contributed by atoms with Crippen molar-refractivity contribution in [2.45, 2.75) is 39.8 Å². The second kappa shape index (κ2) is 9.20. The zero-order valence-corrected chi connectivity index (χ0v) is 13.7. The van der Waals surface area contributed by atoms with Crippen molar-refractivity contribution in [3.8, 4) is 0 Å². The Hall–Kier alpha value is -1.88. The SMILES string of the molecule is CCCN(Cc1ccccc1)C(=O)CNC(=O)[C@@H](N)C(C)C. The molecule has 0 unspecified atom stereocenters. The van der Waals surface area contributed by atoms with E-state index < -0.39 is 6.04 Å². The smallest absolute Gasteiger partial charge is 0.242 e. The van der Waals surface area contributed by atoms with Gasteiger partial charge in [0.1, 0.15) is 0 Å². The molecule has 5 heteroatoms. The molecule has 0 saturated heterocycles. The molecule has 0 heterocycles. The lowest BCUT2D eigenvalue weighted by molar-refractivity contribution is -0.133. The fourth-order valence-electron chi connectivity index (χ4n) is 2.06. The first kappa shape index (κ1) is 18.2. The average Bonchev–Trinajstić information content (AvgIpc) is 2.52. The van der Waals surface area contributed by atoms with E-state index in [4.69, 9.17) is 5.73 Å². The first-order valence-electron chi connectivity index (χ1n) is 7.80. The van der Waals surface area contributed by atoms with Gasteiger partial charge in [-0.3, -0.25) is 9.59 Å². The van der Waals surface area contributed by atoms with Crippen molar-refractivity contribution in [2.75, 3.05) is 13.1 Å². The molecule has 0 spiro atoms.